The predicted molar refractivity (Wildman–Crippen MR) is 152 cm³/mol. The monoisotopic (exact) mass is 532 g/mol. The van der Waals surface area contributed by atoms with E-state index >= 15 is 0 Å². The van der Waals surface area contributed by atoms with Crippen LogP contribution in [0.2, 0.25) is 5.02 Å². The summed E-state index contributed by atoms with van der Waals surface area (Å²) in [5.41, 5.74) is 5.29. The molecule has 0 spiro atoms. The molecule has 2 amide bonds. The van der Waals surface area contributed by atoms with Gasteiger partial charge in [-0.05, 0) is 79.5 Å². The van der Waals surface area contributed by atoms with Gasteiger partial charge in [-0.1, -0.05) is 31.5 Å². The lowest BCUT2D eigenvalue weighted by atomic mass is 10.1. The highest BCUT2D eigenvalue weighted by atomic mass is 35.5. The maximum absolute atomic E-state index is 12.1. The van der Waals surface area contributed by atoms with Gasteiger partial charge in [0.15, 0.2) is 0 Å². The first-order chi connectivity index (χ1) is 18.5. The number of aromatic amines is 1. The van der Waals surface area contributed by atoms with Gasteiger partial charge in [0.05, 0.1) is 16.4 Å². The quantitative estimate of drug-likeness (QED) is 0.224. The van der Waals surface area contributed by atoms with E-state index in [1.807, 2.05) is 30.3 Å². The Morgan fingerprint density at radius 1 is 1.11 bits per heavy atom. The molecular formula is C29H33ClN6O2. The maximum Gasteiger partial charge on any atom is 0.319 e. The van der Waals surface area contributed by atoms with Crippen LogP contribution in [0.5, 0.6) is 5.75 Å². The lowest BCUT2D eigenvalue weighted by Crippen LogP contribution is -2.30. The van der Waals surface area contributed by atoms with Gasteiger partial charge in [0.2, 0.25) is 0 Å². The average molecular weight is 533 g/mol. The summed E-state index contributed by atoms with van der Waals surface area (Å²) in [6, 6.07) is 15.9. The molecule has 0 atom stereocenters. The number of benzene rings is 2. The van der Waals surface area contributed by atoms with Gasteiger partial charge in [0, 0.05) is 30.1 Å². The minimum Gasteiger partial charge on any atom is -0.492 e. The van der Waals surface area contributed by atoms with E-state index < -0.39 is 0 Å². The van der Waals surface area contributed by atoms with E-state index in [9.17, 15) is 4.79 Å². The molecular weight excluding hydrogens is 500 g/mol. The van der Waals surface area contributed by atoms with Gasteiger partial charge in [0.25, 0.3) is 0 Å². The first-order valence-corrected chi connectivity index (χ1v) is 13.5. The van der Waals surface area contributed by atoms with Crippen LogP contribution < -0.4 is 15.4 Å². The number of nitrogens with one attached hydrogen (secondary N) is 3. The lowest BCUT2D eigenvalue weighted by molar-refractivity contribution is 0.223. The molecule has 1 fully saturated rings. The minimum atomic E-state index is -0.223. The smallest absolute Gasteiger partial charge is 0.319 e. The van der Waals surface area contributed by atoms with Crippen molar-refractivity contribution in [2.24, 2.45) is 0 Å². The van der Waals surface area contributed by atoms with Crippen molar-refractivity contribution in [3.05, 3.63) is 71.1 Å². The Kier molecular flexibility index (Phi) is 8.10. The number of H-pyrrole nitrogens is 1. The van der Waals surface area contributed by atoms with Crippen molar-refractivity contribution in [2.45, 2.75) is 39.2 Å². The summed E-state index contributed by atoms with van der Waals surface area (Å²) in [5.74, 6) is 0.859. The molecule has 38 heavy (non-hydrogen) atoms. The van der Waals surface area contributed by atoms with Crippen LogP contribution in [0.25, 0.3) is 22.3 Å². The van der Waals surface area contributed by atoms with E-state index in [0.29, 0.717) is 23.7 Å². The molecule has 0 unspecified atom stereocenters. The first kappa shape index (κ1) is 26.0. The summed E-state index contributed by atoms with van der Waals surface area (Å²) >= 11 is 6.47. The van der Waals surface area contributed by atoms with Crippen molar-refractivity contribution in [3.8, 4) is 17.0 Å². The number of halogens is 1. The van der Waals surface area contributed by atoms with Gasteiger partial charge >= 0.3 is 6.03 Å². The van der Waals surface area contributed by atoms with E-state index in [-0.39, 0.29) is 12.1 Å². The highest BCUT2D eigenvalue weighted by Gasteiger charge is 2.23. The van der Waals surface area contributed by atoms with Crippen LogP contribution in [0, 0.1) is 0 Å². The largest absolute Gasteiger partial charge is 0.492 e. The third-order valence-corrected chi connectivity index (χ3v) is 7.12. The van der Waals surface area contributed by atoms with Crippen molar-refractivity contribution in [2.75, 3.05) is 31.6 Å². The van der Waals surface area contributed by atoms with E-state index in [1.54, 1.807) is 6.33 Å². The first-order valence-electron chi connectivity index (χ1n) is 13.2. The molecule has 198 valence electrons. The molecule has 8 nitrogen and oxygen atoms in total. The molecule has 0 aliphatic heterocycles. The fourth-order valence-corrected chi connectivity index (χ4v) is 4.64. The third kappa shape index (κ3) is 6.44. The number of ether oxygens (including phenoxy) is 1. The van der Waals surface area contributed by atoms with E-state index in [2.05, 4.69) is 62.5 Å². The predicted octanol–water partition coefficient (Wildman–Crippen LogP) is 5.87. The van der Waals surface area contributed by atoms with Crippen molar-refractivity contribution < 1.29 is 9.53 Å². The van der Waals surface area contributed by atoms with Crippen LogP contribution in [-0.4, -0.2) is 58.2 Å². The van der Waals surface area contributed by atoms with Crippen molar-refractivity contribution >= 4 is 34.4 Å². The number of carbonyl (C=O) groups is 1. The molecule has 1 saturated carbocycles. The molecule has 9 heteroatoms. The number of carbonyl (C=O) groups excluding carboxylic acids is 1. The Balaban J connectivity index is 1.26. The number of hydrogen-bond donors (Lipinski definition) is 3. The topological polar surface area (TPSA) is 95.2 Å². The van der Waals surface area contributed by atoms with Crippen molar-refractivity contribution in [1.29, 1.82) is 0 Å². The molecule has 5 rings (SSSR count). The van der Waals surface area contributed by atoms with Crippen LogP contribution in [0.3, 0.4) is 0 Å². The zero-order chi connectivity index (χ0) is 26.5. The molecule has 4 aromatic rings. The molecule has 1 aliphatic rings. The molecule has 2 heterocycles. The van der Waals surface area contributed by atoms with Crippen LogP contribution in [-0.2, 0) is 6.42 Å². The zero-order valence-electron chi connectivity index (χ0n) is 21.8. The van der Waals surface area contributed by atoms with Crippen LogP contribution >= 0.6 is 11.6 Å². The summed E-state index contributed by atoms with van der Waals surface area (Å²) < 4.78 is 5.92. The number of aromatic nitrogens is 3. The SMILES string of the molecule is CCN(CC)CCOc1ccc(-c2cc3c(Cc4ccc(NC(=O)NC5CC5)c(Cl)c4)ncnc3[nH]2)cc1. The zero-order valence-corrected chi connectivity index (χ0v) is 22.5. The number of anilines is 1. The number of rotatable bonds is 11. The van der Waals surface area contributed by atoms with Crippen LogP contribution in [0.15, 0.2) is 54.9 Å². The minimum absolute atomic E-state index is 0.223. The summed E-state index contributed by atoms with van der Waals surface area (Å²) in [5, 5.41) is 7.18. The van der Waals surface area contributed by atoms with Crippen LogP contribution in [0.1, 0.15) is 37.9 Å². The van der Waals surface area contributed by atoms with Crippen molar-refractivity contribution in [1.82, 2.24) is 25.2 Å². The molecule has 0 radical (unpaired) electrons. The normalized spacial score (nSPS) is 13.2. The van der Waals surface area contributed by atoms with Gasteiger partial charge in [-0.25, -0.2) is 14.8 Å². The summed E-state index contributed by atoms with van der Waals surface area (Å²) in [7, 11) is 0. The number of amides is 2. The van der Waals surface area contributed by atoms with Gasteiger partial charge in [0.1, 0.15) is 24.3 Å². The maximum atomic E-state index is 12.1. The molecule has 0 bridgehead atoms. The molecule has 2 aromatic carbocycles. The third-order valence-electron chi connectivity index (χ3n) is 6.81. The Morgan fingerprint density at radius 2 is 1.89 bits per heavy atom. The molecule has 3 N–H and O–H groups in total. The molecule has 2 aromatic heterocycles. The number of nitrogens with zero attached hydrogens (tertiary/aromatic N) is 3. The Bertz CT molecular complexity index is 1400. The molecule has 1 aliphatic carbocycles. The average Bonchev–Trinajstić information content (AvgIpc) is 3.62. The Labute approximate surface area is 227 Å². The lowest BCUT2D eigenvalue weighted by Gasteiger charge is -2.18. The number of hydrogen-bond acceptors (Lipinski definition) is 5. The highest BCUT2D eigenvalue weighted by molar-refractivity contribution is 6.33. The summed E-state index contributed by atoms with van der Waals surface area (Å²) in [4.78, 5) is 26.8. The van der Waals surface area contributed by atoms with E-state index in [0.717, 1.165) is 71.8 Å². The number of fused-ring (bicyclic) bond motifs is 1. The summed E-state index contributed by atoms with van der Waals surface area (Å²) in [6.07, 6.45) is 4.23. The number of urea groups is 1. The Hall–Kier alpha value is -3.62. The second-order valence-electron chi connectivity index (χ2n) is 9.53. The fourth-order valence-electron chi connectivity index (χ4n) is 4.39. The second kappa shape index (κ2) is 11.8. The highest BCUT2D eigenvalue weighted by Crippen LogP contribution is 2.29. The molecule has 0 saturated heterocycles. The number of likely N-dealkylation sites (N-methyl/N-ethyl adjacent to an activating group) is 1. The van der Waals surface area contributed by atoms with Crippen molar-refractivity contribution in [3.63, 3.8) is 0 Å². The summed E-state index contributed by atoms with van der Waals surface area (Å²) in [6.45, 7) is 7.96. The van der Waals surface area contributed by atoms with Gasteiger partial charge in [-0.15, -0.1) is 0 Å². The van der Waals surface area contributed by atoms with Gasteiger partial charge in [-0.3, -0.25) is 0 Å². The van der Waals surface area contributed by atoms with Gasteiger partial charge in [-0.2, -0.15) is 0 Å². The van der Waals surface area contributed by atoms with E-state index in [4.69, 9.17) is 16.3 Å². The van der Waals surface area contributed by atoms with E-state index in [1.165, 1.54) is 0 Å². The van der Waals surface area contributed by atoms with Gasteiger partial charge < -0.3 is 25.3 Å². The second-order valence-corrected chi connectivity index (χ2v) is 9.94. The standard InChI is InChI=1S/C29H33ClN6O2/c1-3-36(4-2)13-14-38-22-10-6-20(7-11-22)26-17-23-27(31-18-32-28(23)34-26)16-19-5-12-25(24(30)15-19)35-29(37)33-21-8-9-21/h5-7,10-12,15,17-18,21H,3-4,8-9,13-14,16H2,1-2H3,(H,31,32,34)(H2,33,35,37). The Morgan fingerprint density at radius 3 is 2.61 bits per heavy atom. The van der Waals surface area contributed by atoms with Crippen LogP contribution in [0.4, 0.5) is 10.5 Å². The fraction of sp³-hybridized carbons (Fsp3) is 0.345.